The molecule has 0 aliphatic carbocycles. The van der Waals surface area contributed by atoms with Gasteiger partial charge in [-0.25, -0.2) is 13.1 Å². The summed E-state index contributed by atoms with van der Waals surface area (Å²) in [7, 11) is -3.44. The molecule has 1 aromatic rings. The zero-order valence-electron chi connectivity index (χ0n) is 11.2. The van der Waals surface area contributed by atoms with Gasteiger partial charge < -0.3 is 5.73 Å². The fourth-order valence-corrected chi connectivity index (χ4v) is 3.15. The summed E-state index contributed by atoms with van der Waals surface area (Å²) in [5.74, 6) is -0.000554. The third kappa shape index (κ3) is 3.54. The molecule has 0 aromatic heterocycles. The number of hydrogen-bond acceptors (Lipinski definition) is 3. The quantitative estimate of drug-likeness (QED) is 0.828. The van der Waals surface area contributed by atoms with Gasteiger partial charge in [0, 0.05) is 12.6 Å². The molecule has 0 aliphatic heterocycles. The van der Waals surface area contributed by atoms with E-state index in [0.717, 1.165) is 12.0 Å². The first-order valence-corrected chi connectivity index (χ1v) is 7.72. The molecular formula is C13H22N2O2S. The van der Waals surface area contributed by atoms with Crippen LogP contribution in [-0.2, 0) is 10.0 Å². The highest BCUT2D eigenvalue weighted by Gasteiger charge is 2.22. The first kappa shape index (κ1) is 15.1. The van der Waals surface area contributed by atoms with Gasteiger partial charge in [0.05, 0.1) is 4.90 Å². The second-order valence-electron chi connectivity index (χ2n) is 4.58. The summed E-state index contributed by atoms with van der Waals surface area (Å²) in [5, 5.41) is 0. The zero-order chi connectivity index (χ0) is 13.8. The van der Waals surface area contributed by atoms with Gasteiger partial charge in [-0.05, 0) is 30.9 Å². The second-order valence-corrected chi connectivity index (χ2v) is 6.32. The standard InChI is InChI=1S/C13H22N2O2S/c1-4-9-15-18(16,17)13-8-6-5-7-12(13)10(2)11(3)14/h5-8,10-11,15H,4,9,14H2,1-3H3. The van der Waals surface area contributed by atoms with Gasteiger partial charge in [-0.15, -0.1) is 0 Å². The maximum absolute atomic E-state index is 12.2. The Morgan fingerprint density at radius 3 is 2.44 bits per heavy atom. The zero-order valence-corrected chi connectivity index (χ0v) is 12.0. The molecule has 1 rings (SSSR count). The molecule has 4 nitrogen and oxygen atoms in total. The molecule has 5 heteroatoms. The van der Waals surface area contributed by atoms with Gasteiger partial charge in [-0.3, -0.25) is 0 Å². The van der Waals surface area contributed by atoms with E-state index in [1.165, 1.54) is 0 Å². The molecule has 0 saturated heterocycles. The van der Waals surface area contributed by atoms with Crippen molar-refractivity contribution in [2.45, 2.75) is 44.0 Å². The average Bonchev–Trinajstić information content (AvgIpc) is 2.35. The molecule has 1 aromatic carbocycles. The molecule has 18 heavy (non-hydrogen) atoms. The minimum atomic E-state index is -3.44. The van der Waals surface area contributed by atoms with Crippen LogP contribution in [0.2, 0.25) is 0 Å². The molecule has 0 heterocycles. The molecule has 0 spiro atoms. The SMILES string of the molecule is CCCNS(=O)(=O)c1ccccc1C(C)C(C)N. The predicted octanol–water partition coefficient (Wildman–Crippen LogP) is 1.83. The van der Waals surface area contributed by atoms with Crippen molar-refractivity contribution in [3.8, 4) is 0 Å². The van der Waals surface area contributed by atoms with Gasteiger partial charge in [0.1, 0.15) is 0 Å². The van der Waals surface area contributed by atoms with Crippen LogP contribution in [0.4, 0.5) is 0 Å². The molecule has 2 atom stereocenters. The van der Waals surface area contributed by atoms with E-state index >= 15 is 0 Å². The van der Waals surface area contributed by atoms with E-state index in [1.54, 1.807) is 12.1 Å². The minimum Gasteiger partial charge on any atom is -0.327 e. The fraction of sp³-hybridized carbons (Fsp3) is 0.538. The van der Waals surface area contributed by atoms with Crippen LogP contribution in [0.1, 0.15) is 38.7 Å². The van der Waals surface area contributed by atoms with Crippen LogP contribution < -0.4 is 10.5 Å². The number of benzene rings is 1. The summed E-state index contributed by atoms with van der Waals surface area (Å²) in [4.78, 5) is 0.336. The van der Waals surface area contributed by atoms with Crippen molar-refractivity contribution in [3.05, 3.63) is 29.8 Å². The van der Waals surface area contributed by atoms with Gasteiger partial charge in [-0.2, -0.15) is 0 Å². The van der Waals surface area contributed by atoms with Crippen molar-refractivity contribution in [2.75, 3.05) is 6.54 Å². The monoisotopic (exact) mass is 270 g/mol. The number of nitrogens with two attached hydrogens (primary N) is 1. The third-order valence-electron chi connectivity index (χ3n) is 3.03. The van der Waals surface area contributed by atoms with Crippen LogP contribution in [0, 0.1) is 0 Å². The second kappa shape index (κ2) is 6.31. The molecule has 2 unspecified atom stereocenters. The first-order valence-electron chi connectivity index (χ1n) is 6.24. The van der Waals surface area contributed by atoms with E-state index in [2.05, 4.69) is 4.72 Å². The summed E-state index contributed by atoms with van der Waals surface area (Å²) in [6.07, 6.45) is 0.768. The summed E-state index contributed by atoms with van der Waals surface area (Å²) in [5.41, 5.74) is 6.64. The van der Waals surface area contributed by atoms with Gasteiger partial charge in [0.25, 0.3) is 0 Å². The van der Waals surface area contributed by atoms with Crippen molar-refractivity contribution in [1.29, 1.82) is 0 Å². The average molecular weight is 270 g/mol. The summed E-state index contributed by atoms with van der Waals surface area (Å²) >= 11 is 0. The Labute approximate surface area is 110 Å². The third-order valence-corrected chi connectivity index (χ3v) is 4.56. The van der Waals surface area contributed by atoms with Crippen molar-refractivity contribution >= 4 is 10.0 Å². The lowest BCUT2D eigenvalue weighted by atomic mass is 9.95. The Hall–Kier alpha value is -0.910. The van der Waals surface area contributed by atoms with Crippen LogP contribution in [0.5, 0.6) is 0 Å². The van der Waals surface area contributed by atoms with Crippen LogP contribution in [0.3, 0.4) is 0 Å². The topological polar surface area (TPSA) is 72.2 Å². The van der Waals surface area contributed by atoms with E-state index in [0.29, 0.717) is 11.4 Å². The molecule has 0 saturated carbocycles. The maximum Gasteiger partial charge on any atom is 0.240 e. The van der Waals surface area contributed by atoms with Crippen molar-refractivity contribution in [2.24, 2.45) is 5.73 Å². The lowest BCUT2D eigenvalue weighted by Gasteiger charge is -2.19. The van der Waals surface area contributed by atoms with Crippen LogP contribution in [-0.4, -0.2) is 21.0 Å². The van der Waals surface area contributed by atoms with E-state index in [-0.39, 0.29) is 12.0 Å². The maximum atomic E-state index is 12.2. The van der Waals surface area contributed by atoms with Gasteiger partial charge in [-0.1, -0.05) is 32.0 Å². The Kier molecular flexibility index (Phi) is 5.31. The lowest BCUT2D eigenvalue weighted by molar-refractivity contribution is 0.569. The number of nitrogens with one attached hydrogen (secondary N) is 1. The van der Waals surface area contributed by atoms with Crippen LogP contribution in [0.15, 0.2) is 29.2 Å². The highest BCUT2D eigenvalue weighted by Crippen LogP contribution is 2.25. The minimum absolute atomic E-state index is 0.000554. The largest absolute Gasteiger partial charge is 0.327 e. The van der Waals surface area contributed by atoms with Gasteiger partial charge in [0.2, 0.25) is 10.0 Å². The normalized spacial score (nSPS) is 15.3. The van der Waals surface area contributed by atoms with E-state index in [1.807, 2.05) is 32.9 Å². The molecule has 102 valence electrons. The number of rotatable bonds is 6. The van der Waals surface area contributed by atoms with E-state index in [9.17, 15) is 8.42 Å². The molecule has 3 N–H and O–H groups in total. The van der Waals surface area contributed by atoms with Crippen molar-refractivity contribution in [1.82, 2.24) is 4.72 Å². The molecular weight excluding hydrogens is 248 g/mol. The Morgan fingerprint density at radius 1 is 1.28 bits per heavy atom. The number of sulfonamides is 1. The van der Waals surface area contributed by atoms with Crippen molar-refractivity contribution in [3.63, 3.8) is 0 Å². The smallest absolute Gasteiger partial charge is 0.240 e. The summed E-state index contributed by atoms with van der Waals surface area (Å²) in [6, 6.07) is 6.94. The molecule has 0 radical (unpaired) electrons. The van der Waals surface area contributed by atoms with Crippen LogP contribution in [0.25, 0.3) is 0 Å². The number of hydrogen-bond donors (Lipinski definition) is 2. The Morgan fingerprint density at radius 2 is 1.89 bits per heavy atom. The summed E-state index contributed by atoms with van der Waals surface area (Å²) in [6.45, 7) is 6.20. The molecule has 0 aliphatic rings. The van der Waals surface area contributed by atoms with Gasteiger partial charge in [0.15, 0.2) is 0 Å². The first-order chi connectivity index (χ1) is 8.40. The van der Waals surface area contributed by atoms with E-state index in [4.69, 9.17) is 5.73 Å². The molecule has 0 fully saturated rings. The van der Waals surface area contributed by atoms with E-state index < -0.39 is 10.0 Å². The predicted molar refractivity (Wildman–Crippen MR) is 74.0 cm³/mol. The van der Waals surface area contributed by atoms with Crippen LogP contribution >= 0.6 is 0 Å². The molecule has 0 amide bonds. The lowest BCUT2D eigenvalue weighted by Crippen LogP contribution is -2.28. The fourth-order valence-electron chi connectivity index (χ4n) is 1.70. The summed E-state index contributed by atoms with van der Waals surface area (Å²) < 4.78 is 27.0. The van der Waals surface area contributed by atoms with Crippen molar-refractivity contribution < 1.29 is 8.42 Å². The Balaban J connectivity index is 3.17. The highest BCUT2D eigenvalue weighted by molar-refractivity contribution is 7.89. The highest BCUT2D eigenvalue weighted by atomic mass is 32.2. The molecule has 0 bridgehead atoms. The Bertz CT molecular complexity index is 484. The van der Waals surface area contributed by atoms with Gasteiger partial charge >= 0.3 is 0 Å².